The second kappa shape index (κ2) is 6.24. The lowest BCUT2D eigenvalue weighted by Gasteiger charge is -2.11. The molecule has 2 heterocycles. The topological polar surface area (TPSA) is 72.8 Å². The van der Waals surface area contributed by atoms with Crippen molar-refractivity contribution in [3.8, 4) is 17.1 Å². The maximum Gasteiger partial charge on any atom is 0.259 e. The van der Waals surface area contributed by atoms with Gasteiger partial charge in [-0.15, -0.1) is 0 Å². The van der Waals surface area contributed by atoms with Gasteiger partial charge in [0, 0.05) is 23.5 Å². The zero-order valence-electron chi connectivity index (χ0n) is 13.6. The fourth-order valence-electron chi connectivity index (χ4n) is 2.85. The molecule has 0 bridgehead atoms. The summed E-state index contributed by atoms with van der Waals surface area (Å²) in [5.74, 6) is 1.32. The van der Waals surface area contributed by atoms with Crippen LogP contribution in [0.1, 0.15) is 5.56 Å². The highest BCUT2D eigenvalue weighted by Gasteiger charge is 2.10. The highest BCUT2D eigenvalue weighted by Crippen LogP contribution is 2.25. The fraction of sp³-hybridized carbons (Fsp3) is 0.105. The van der Waals surface area contributed by atoms with Crippen molar-refractivity contribution in [2.75, 3.05) is 7.11 Å². The molecular weight excluding hydrogens is 316 g/mol. The van der Waals surface area contributed by atoms with Crippen LogP contribution in [0.3, 0.4) is 0 Å². The Labute approximate surface area is 143 Å². The Kier molecular flexibility index (Phi) is 3.78. The van der Waals surface area contributed by atoms with Gasteiger partial charge in [0.1, 0.15) is 11.6 Å². The summed E-state index contributed by atoms with van der Waals surface area (Å²) in [7, 11) is 1.64. The summed E-state index contributed by atoms with van der Waals surface area (Å²) >= 11 is 0. The molecule has 0 unspecified atom stereocenters. The van der Waals surface area contributed by atoms with Crippen molar-refractivity contribution in [1.29, 1.82) is 0 Å². The molecule has 25 heavy (non-hydrogen) atoms. The van der Waals surface area contributed by atoms with Crippen LogP contribution in [0.2, 0.25) is 0 Å². The Bertz CT molecular complexity index is 1080. The monoisotopic (exact) mass is 332 g/mol. The molecule has 2 aromatic carbocycles. The van der Waals surface area contributed by atoms with Gasteiger partial charge >= 0.3 is 0 Å². The van der Waals surface area contributed by atoms with Gasteiger partial charge in [-0.2, -0.15) is 0 Å². The van der Waals surface area contributed by atoms with E-state index in [2.05, 4.69) is 15.0 Å². The van der Waals surface area contributed by atoms with Gasteiger partial charge in [0.2, 0.25) is 0 Å². The molecule has 0 amide bonds. The van der Waals surface area contributed by atoms with Crippen molar-refractivity contribution in [3.05, 3.63) is 77.1 Å². The molecule has 0 fully saturated rings. The highest BCUT2D eigenvalue weighted by molar-refractivity contribution is 5.79. The van der Waals surface area contributed by atoms with Gasteiger partial charge in [0.25, 0.3) is 5.56 Å². The number of para-hydroxylation sites is 1. The molecule has 4 aromatic rings. The van der Waals surface area contributed by atoms with Gasteiger partial charge in [-0.05, 0) is 30.3 Å². The Hall–Kier alpha value is -3.41. The van der Waals surface area contributed by atoms with Crippen LogP contribution in [0, 0.1) is 0 Å². The zero-order valence-corrected chi connectivity index (χ0v) is 13.6. The number of imidazole rings is 1. The molecule has 6 heteroatoms. The molecule has 0 saturated carbocycles. The van der Waals surface area contributed by atoms with E-state index >= 15 is 0 Å². The number of nitrogens with zero attached hydrogens (tertiary/aromatic N) is 3. The largest absolute Gasteiger partial charge is 0.496 e. The summed E-state index contributed by atoms with van der Waals surface area (Å²) in [4.78, 5) is 23.8. The van der Waals surface area contributed by atoms with Gasteiger partial charge in [0.05, 0.1) is 30.9 Å². The second-order valence-electron chi connectivity index (χ2n) is 5.69. The lowest BCUT2D eigenvalue weighted by molar-refractivity contribution is 0.408. The Morgan fingerprint density at radius 1 is 1.20 bits per heavy atom. The molecule has 4 rings (SSSR count). The predicted octanol–water partition coefficient (Wildman–Crippen LogP) is 2.84. The third kappa shape index (κ3) is 2.89. The number of aromatic amines is 1. The SMILES string of the molecule is COc1ccc(-c2nc3ccccc3c(=O)[nH]2)cc1Cn1ccnc1. The number of hydrogen-bond donors (Lipinski definition) is 1. The first kappa shape index (κ1) is 15.1. The first-order valence-corrected chi connectivity index (χ1v) is 7.87. The van der Waals surface area contributed by atoms with E-state index in [9.17, 15) is 4.79 Å². The molecule has 0 atom stereocenters. The normalized spacial score (nSPS) is 10.9. The second-order valence-corrected chi connectivity index (χ2v) is 5.69. The Balaban J connectivity index is 1.81. The quantitative estimate of drug-likeness (QED) is 0.624. The lowest BCUT2D eigenvalue weighted by atomic mass is 10.1. The van der Waals surface area contributed by atoms with Crippen molar-refractivity contribution in [1.82, 2.24) is 19.5 Å². The predicted molar refractivity (Wildman–Crippen MR) is 95.7 cm³/mol. The van der Waals surface area contributed by atoms with Crippen LogP contribution >= 0.6 is 0 Å². The standard InChI is InChI=1S/C19H16N4O2/c1-25-17-7-6-13(10-14(17)11-23-9-8-20-12-23)18-21-16-5-3-2-4-15(16)19(24)22-18/h2-10,12H,11H2,1H3,(H,21,22,24). The average molecular weight is 332 g/mol. The maximum absolute atomic E-state index is 12.3. The third-order valence-electron chi connectivity index (χ3n) is 4.08. The molecule has 0 aliphatic carbocycles. The number of H-pyrrole nitrogens is 1. The zero-order chi connectivity index (χ0) is 17.2. The first-order chi connectivity index (χ1) is 12.2. The number of methoxy groups -OCH3 is 1. The molecule has 124 valence electrons. The Morgan fingerprint density at radius 3 is 2.88 bits per heavy atom. The van der Waals surface area contributed by atoms with E-state index < -0.39 is 0 Å². The van der Waals surface area contributed by atoms with Gasteiger partial charge < -0.3 is 14.3 Å². The van der Waals surface area contributed by atoms with E-state index in [-0.39, 0.29) is 5.56 Å². The lowest BCUT2D eigenvalue weighted by Crippen LogP contribution is -2.09. The van der Waals surface area contributed by atoms with Gasteiger partial charge in [0.15, 0.2) is 0 Å². The molecule has 0 aliphatic rings. The molecule has 2 aromatic heterocycles. The molecule has 0 spiro atoms. The fourth-order valence-corrected chi connectivity index (χ4v) is 2.85. The van der Waals surface area contributed by atoms with Crippen LogP contribution in [0.25, 0.3) is 22.3 Å². The van der Waals surface area contributed by atoms with Crippen molar-refractivity contribution < 1.29 is 4.74 Å². The van der Waals surface area contributed by atoms with Crippen molar-refractivity contribution in [2.45, 2.75) is 6.54 Å². The molecule has 6 nitrogen and oxygen atoms in total. The summed E-state index contributed by atoms with van der Waals surface area (Å²) < 4.78 is 7.41. The minimum absolute atomic E-state index is 0.146. The van der Waals surface area contributed by atoms with Gasteiger partial charge in [-0.25, -0.2) is 9.97 Å². The molecule has 0 aliphatic heterocycles. The Morgan fingerprint density at radius 2 is 2.08 bits per heavy atom. The van der Waals surface area contributed by atoms with E-state index in [1.165, 1.54) is 0 Å². The summed E-state index contributed by atoms with van der Waals surface area (Å²) in [5, 5.41) is 0.582. The first-order valence-electron chi connectivity index (χ1n) is 7.87. The van der Waals surface area contributed by atoms with E-state index in [1.54, 1.807) is 25.7 Å². The summed E-state index contributed by atoms with van der Waals surface area (Å²) in [6.45, 7) is 0.620. The van der Waals surface area contributed by atoms with Crippen molar-refractivity contribution in [3.63, 3.8) is 0 Å². The number of rotatable bonds is 4. The number of benzene rings is 2. The van der Waals surface area contributed by atoms with E-state index in [1.807, 2.05) is 47.2 Å². The third-order valence-corrected chi connectivity index (χ3v) is 4.08. The van der Waals surface area contributed by atoms with E-state index in [4.69, 9.17) is 4.74 Å². The van der Waals surface area contributed by atoms with E-state index in [0.29, 0.717) is 23.3 Å². The molecule has 0 saturated heterocycles. The highest BCUT2D eigenvalue weighted by atomic mass is 16.5. The van der Waals surface area contributed by atoms with Gasteiger partial charge in [-0.3, -0.25) is 4.79 Å². The van der Waals surface area contributed by atoms with Crippen LogP contribution in [0.15, 0.2) is 66.0 Å². The molecule has 0 radical (unpaired) electrons. The van der Waals surface area contributed by atoms with Crippen LogP contribution in [-0.4, -0.2) is 26.6 Å². The minimum Gasteiger partial charge on any atom is -0.496 e. The molecular formula is C19H16N4O2. The maximum atomic E-state index is 12.3. The number of hydrogen-bond acceptors (Lipinski definition) is 4. The average Bonchev–Trinajstić information content (AvgIpc) is 3.15. The smallest absolute Gasteiger partial charge is 0.259 e. The number of nitrogens with one attached hydrogen (secondary N) is 1. The number of ether oxygens (including phenoxy) is 1. The van der Waals surface area contributed by atoms with Crippen LogP contribution < -0.4 is 10.3 Å². The van der Waals surface area contributed by atoms with Crippen molar-refractivity contribution >= 4 is 10.9 Å². The molecule has 1 N–H and O–H groups in total. The van der Waals surface area contributed by atoms with Crippen LogP contribution in [0.5, 0.6) is 5.75 Å². The van der Waals surface area contributed by atoms with Crippen LogP contribution in [-0.2, 0) is 6.54 Å². The van der Waals surface area contributed by atoms with E-state index in [0.717, 1.165) is 16.9 Å². The number of fused-ring (bicyclic) bond motifs is 1. The van der Waals surface area contributed by atoms with Gasteiger partial charge in [-0.1, -0.05) is 12.1 Å². The summed E-state index contributed by atoms with van der Waals surface area (Å²) in [6, 6.07) is 13.1. The van der Waals surface area contributed by atoms with Crippen molar-refractivity contribution in [2.24, 2.45) is 0 Å². The van der Waals surface area contributed by atoms with Crippen LogP contribution in [0.4, 0.5) is 0 Å². The number of aromatic nitrogens is 4. The summed E-state index contributed by atoms with van der Waals surface area (Å²) in [5.41, 5.74) is 2.34. The minimum atomic E-state index is -0.146. The summed E-state index contributed by atoms with van der Waals surface area (Å²) in [6.07, 6.45) is 5.38.